The molecule has 1 aromatic carbocycles. The topological polar surface area (TPSA) is 168 Å². The van der Waals surface area contributed by atoms with Crippen molar-refractivity contribution in [1.29, 1.82) is 0 Å². The van der Waals surface area contributed by atoms with Gasteiger partial charge in [0.2, 0.25) is 17.7 Å². The van der Waals surface area contributed by atoms with Crippen LogP contribution in [0.25, 0.3) is 10.9 Å². The predicted octanol–water partition coefficient (Wildman–Crippen LogP) is 3.75. The molecular formula is C39H48N8O6. The van der Waals surface area contributed by atoms with Crippen LogP contribution < -0.4 is 25.6 Å². The Hall–Kier alpha value is -5.53. The fourth-order valence-electron chi connectivity index (χ4n) is 7.27. The van der Waals surface area contributed by atoms with Crippen molar-refractivity contribution in [2.45, 2.75) is 76.9 Å². The molecule has 3 fully saturated rings. The number of carbonyl (C=O) groups excluding carboxylic acids is 5. The zero-order chi connectivity index (χ0) is 37.5. The third-order valence-corrected chi connectivity index (χ3v) is 10.2. The Labute approximate surface area is 309 Å². The van der Waals surface area contributed by atoms with E-state index in [2.05, 4.69) is 25.8 Å². The number of piperidine rings is 3. The number of hydrogen-bond donors (Lipinski definition) is 3. The molecule has 0 bridgehead atoms. The molecule has 0 aliphatic carbocycles. The molecule has 4 amide bonds. The van der Waals surface area contributed by atoms with Crippen LogP contribution in [0.1, 0.15) is 86.7 Å². The van der Waals surface area contributed by atoms with Gasteiger partial charge >= 0.3 is 0 Å². The number of ether oxygens (including phenoxy) is 1. The summed E-state index contributed by atoms with van der Waals surface area (Å²) in [5, 5.41) is 13.5. The summed E-state index contributed by atoms with van der Waals surface area (Å²) in [6.07, 6.45) is 13.6. The molecule has 2 aromatic heterocycles. The highest BCUT2D eigenvalue weighted by atomic mass is 16.5. The van der Waals surface area contributed by atoms with E-state index in [1.807, 2.05) is 41.8 Å². The first-order valence-corrected chi connectivity index (χ1v) is 18.4. The molecule has 3 saturated heterocycles. The number of rotatable bonds is 12. The Morgan fingerprint density at radius 1 is 1.06 bits per heavy atom. The molecule has 0 spiro atoms. The quantitative estimate of drug-likeness (QED) is 0.108. The summed E-state index contributed by atoms with van der Waals surface area (Å²) in [4.78, 5) is 70.8. The van der Waals surface area contributed by atoms with E-state index in [1.54, 1.807) is 37.7 Å². The van der Waals surface area contributed by atoms with E-state index in [9.17, 15) is 24.0 Å². The smallest absolute Gasteiger partial charge is 0.259 e. The molecule has 1 atom stereocenters. The first-order chi connectivity index (χ1) is 25.6. The fourth-order valence-corrected chi connectivity index (χ4v) is 7.27. The number of nitrogens with zero attached hydrogens (tertiary/aromatic N) is 5. The monoisotopic (exact) mass is 724 g/mol. The third-order valence-electron chi connectivity index (χ3n) is 10.2. The molecule has 14 nitrogen and oxygen atoms in total. The van der Waals surface area contributed by atoms with Crippen LogP contribution in [0.4, 0.5) is 5.82 Å². The van der Waals surface area contributed by atoms with Crippen LogP contribution in [-0.2, 0) is 19.2 Å². The van der Waals surface area contributed by atoms with E-state index in [4.69, 9.17) is 9.84 Å². The van der Waals surface area contributed by atoms with E-state index in [1.165, 1.54) is 6.08 Å². The van der Waals surface area contributed by atoms with Crippen molar-refractivity contribution in [3.63, 3.8) is 0 Å². The molecule has 0 saturated carbocycles. The Kier molecular flexibility index (Phi) is 11.9. The number of pyridine rings is 1. The minimum absolute atomic E-state index is 0.110. The average molecular weight is 725 g/mol. The van der Waals surface area contributed by atoms with Crippen molar-refractivity contribution in [2.75, 3.05) is 38.1 Å². The van der Waals surface area contributed by atoms with Crippen molar-refractivity contribution in [1.82, 2.24) is 35.6 Å². The third kappa shape index (κ3) is 9.10. The van der Waals surface area contributed by atoms with Crippen LogP contribution in [0.15, 0.2) is 60.7 Å². The van der Waals surface area contributed by atoms with Gasteiger partial charge < -0.3 is 25.2 Å². The molecule has 14 heteroatoms. The molecule has 53 heavy (non-hydrogen) atoms. The number of carbonyl (C=O) groups is 5. The molecule has 3 aromatic rings. The number of anilines is 1. The van der Waals surface area contributed by atoms with Crippen molar-refractivity contribution in [3.05, 3.63) is 71.8 Å². The lowest BCUT2D eigenvalue weighted by Crippen LogP contribution is -2.41. The van der Waals surface area contributed by atoms with E-state index < -0.39 is 5.91 Å². The number of fused-ring (bicyclic) bond motifs is 1. The molecule has 3 aliphatic heterocycles. The highest BCUT2D eigenvalue weighted by molar-refractivity contribution is 6.03. The lowest BCUT2D eigenvalue weighted by atomic mass is 9.91. The normalized spacial score (nSPS) is 19.2. The van der Waals surface area contributed by atoms with Crippen LogP contribution in [0.2, 0.25) is 0 Å². The largest absolute Gasteiger partial charge is 0.490 e. The van der Waals surface area contributed by atoms with Gasteiger partial charge in [-0.05, 0) is 87.9 Å². The summed E-state index contributed by atoms with van der Waals surface area (Å²) in [7, 11) is 1.74. The summed E-state index contributed by atoms with van der Waals surface area (Å²) in [5.41, 5.74) is 1.94. The molecule has 280 valence electrons. The Bertz CT molecular complexity index is 1880. The van der Waals surface area contributed by atoms with Crippen LogP contribution in [-0.4, -0.2) is 88.9 Å². The van der Waals surface area contributed by atoms with Crippen molar-refractivity contribution in [3.8, 4) is 5.75 Å². The Balaban J connectivity index is 1.01. The lowest BCUT2D eigenvalue weighted by molar-refractivity contribution is -0.135. The Morgan fingerprint density at radius 3 is 2.49 bits per heavy atom. The van der Waals surface area contributed by atoms with E-state index in [-0.39, 0.29) is 41.5 Å². The van der Waals surface area contributed by atoms with E-state index in [0.717, 1.165) is 55.5 Å². The minimum atomic E-state index is -0.457. The second-order valence-corrected chi connectivity index (χ2v) is 14.2. The summed E-state index contributed by atoms with van der Waals surface area (Å²) in [5.74, 6) is 0.457. The van der Waals surface area contributed by atoms with Gasteiger partial charge in [-0.2, -0.15) is 5.10 Å². The second-order valence-electron chi connectivity index (χ2n) is 14.2. The van der Waals surface area contributed by atoms with Gasteiger partial charge in [0.1, 0.15) is 11.6 Å². The molecular weight excluding hydrogens is 676 g/mol. The first kappa shape index (κ1) is 37.2. The maximum Gasteiger partial charge on any atom is 0.259 e. The molecule has 5 heterocycles. The van der Waals surface area contributed by atoms with Crippen LogP contribution in [0.5, 0.6) is 5.75 Å². The highest BCUT2D eigenvalue weighted by Crippen LogP contribution is 2.32. The highest BCUT2D eigenvalue weighted by Gasteiger charge is 2.30. The summed E-state index contributed by atoms with van der Waals surface area (Å²) in [6, 6.07) is 7.49. The van der Waals surface area contributed by atoms with Gasteiger partial charge in [-0.1, -0.05) is 6.07 Å². The summed E-state index contributed by atoms with van der Waals surface area (Å²) >= 11 is 0. The van der Waals surface area contributed by atoms with E-state index in [0.29, 0.717) is 61.4 Å². The number of amides is 4. The van der Waals surface area contributed by atoms with Gasteiger partial charge in [0.15, 0.2) is 6.29 Å². The molecule has 1 unspecified atom stereocenters. The number of nitrogens with one attached hydrogen (secondary N) is 3. The first-order valence-electron chi connectivity index (χ1n) is 18.4. The van der Waals surface area contributed by atoms with Gasteiger partial charge in [0.05, 0.1) is 34.8 Å². The predicted molar refractivity (Wildman–Crippen MR) is 199 cm³/mol. The summed E-state index contributed by atoms with van der Waals surface area (Å²) in [6.45, 7) is 6.70. The number of aromatic nitrogens is 3. The molecule has 3 aliphatic rings. The van der Waals surface area contributed by atoms with Crippen LogP contribution >= 0.6 is 0 Å². The van der Waals surface area contributed by atoms with Gasteiger partial charge in [-0.3, -0.25) is 34.0 Å². The number of allylic oxidation sites excluding steroid dienone is 3. The second kappa shape index (κ2) is 16.9. The zero-order valence-electron chi connectivity index (χ0n) is 30.5. The lowest BCUT2D eigenvalue weighted by Gasteiger charge is -2.35. The van der Waals surface area contributed by atoms with Crippen LogP contribution in [0, 0.1) is 5.92 Å². The Morgan fingerprint density at radius 2 is 1.83 bits per heavy atom. The number of benzene rings is 1. The maximum atomic E-state index is 13.4. The SMILES string of the molecule is CN/C=C\C=C(/C=O)NC(=O)c1cc2cn(C3CCN(C(=O)CC4CCN(c5ccc(C6CCC(=O)NC6=O)cn5)CC4)CC3)nc2cc1OC(C)C. The number of likely N-dealkylation sites (tertiary alicyclic amines) is 1. The van der Waals surface area contributed by atoms with Gasteiger partial charge in [-0.15, -0.1) is 0 Å². The van der Waals surface area contributed by atoms with Crippen molar-refractivity contribution < 1.29 is 28.7 Å². The molecule has 3 N–H and O–H groups in total. The van der Waals surface area contributed by atoms with Crippen LogP contribution in [0.3, 0.4) is 0 Å². The standard InChI is InChI=1S/C39H48N8O6/c1-25(2)53-34-21-33-28(20-32(34)39(52)42-29(24-48)5-4-14-40-3)23-47(44-33)30-12-17-46(18-13-30)37(50)19-26-10-15-45(16-11-26)35-8-6-27(22-41-35)31-7-9-36(49)43-38(31)51/h4-6,8,14,20-26,30-31,40H,7,9-13,15-19H2,1-3H3,(H,42,52)(H,43,49,51)/b14-4-,29-5+. The molecule has 0 radical (unpaired) electrons. The van der Waals surface area contributed by atoms with Gasteiger partial charge in [0, 0.05) is 69.9 Å². The number of hydrogen-bond acceptors (Lipinski definition) is 10. The summed E-state index contributed by atoms with van der Waals surface area (Å²) < 4.78 is 7.93. The van der Waals surface area contributed by atoms with Gasteiger partial charge in [0.25, 0.3) is 5.91 Å². The number of aldehydes is 1. The average Bonchev–Trinajstić information content (AvgIpc) is 3.57. The minimum Gasteiger partial charge on any atom is -0.490 e. The van der Waals surface area contributed by atoms with E-state index >= 15 is 0 Å². The zero-order valence-corrected chi connectivity index (χ0v) is 30.5. The maximum absolute atomic E-state index is 13.4. The van der Waals surface area contributed by atoms with Crippen molar-refractivity contribution >= 4 is 46.6 Å². The van der Waals surface area contributed by atoms with Gasteiger partial charge in [-0.25, -0.2) is 4.98 Å². The number of imide groups is 1. The molecule has 6 rings (SSSR count). The van der Waals surface area contributed by atoms with Crippen molar-refractivity contribution in [2.24, 2.45) is 5.92 Å². The fraction of sp³-hybridized carbons (Fsp3) is 0.462.